The van der Waals surface area contributed by atoms with Gasteiger partial charge in [0.25, 0.3) is 0 Å². The molecule has 0 aliphatic carbocycles. The molecule has 1 heterocycles. The number of halogens is 1. The van der Waals surface area contributed by atoms with E-state index in [0.29, 0.717) is 33.3 Å². The fourth-order valence-corrected chi connectivity index (χ4v) is 4.85. The van der Waals surface area contributed by atoms with Gasteiger partial charge in [0.1, 0.15) is 17.0 Å². The molecular weight excluding hydrogens is 518 g/mol. The summed E-state index contributed by atoms with van der Waals surface area (Å²) in [7, 11) is 1.62. The minimum atomic E-state index is -1.45. The van der Waals surface area contributed by atoms with Crippen molar-refractivity contribution >= 4 is 34.7 Å². The van der Waals surface area contributed by atoms with Gasteiger partial charge < -0.3 is 14.6 Å². The van der Waals surface area contributed by atoms with Gasteiger partial charge >= 0.3 is 0 Å². The fraction of sp³-hybridized carbons (Fsp3) is 0.171. The highest BCUT2D eigenvalue weighted by atomic mass is 35.5. The minimum absolute atomic E-state index is 0.399. The number of hydrogen-bond donors (Lipinski definition) is 1. The molecule has 4 aromatic carbocycles. The maximum Gasteiger partial charge on any atom is 0.214 e. The molecule has 1 N–H and O–H groups in total. The van der Waals surface area contributed by atoms with Crippen molar-refractivity contribution in [3.05, 3.63) is 136 Å². The summed E-state index contributed by atoms with van der Waals surface area (Å²) in [5.41, 5.74) is 3.04. The Hall–Kier alpha value is -4.12. The molecule has 0 fully saturated rings. The van der Waals surface area contributed by atoms with E-state index in [0.717, 1.165) is 22.0 Å². The van der Waals surface area contributed by atoms with Crippen LogP contribution in [-0.2, 0) is 5.60 Å². The van der Waals surface area contributed by atoms with E-state index in [2.05, 4.69) is 24.3 Å². The van der Waals surface area contributed by atoms with E-state index < -0.39 is 11.2 Å². The number of benzene rings is 4. The second-order valence-electron chi connectivity index (χ2n) is 10.7. The van der Waals surface area contributed by atoms with Gasteiger partial charge in [0.15, 0.2) is 0 Å². The summed E-state index contributed by atoms with van der Waals surface area (Å²) in [6.07, 6.45) is 4.13. The summed E-state index contributed by atoms with van der Waals surface area (Å²) >= 11 is 6.21. The Labute approximate surface area is 240 Å². The lowest BCUT2D eigenvalue weighted by Gasteiger charge is -2.31. The van der Waals surface area contributed by atoms with Gasteiger partial charge in [0.05, 0.1) is 12.6 Å². The molecule has 1 unspecified atom stereocenters. The van der Waals surface area contributed by atoms with Crippen LogP contribution in [0.4, 0.5) is 0 Å². The van der Waals surface area contributed by atoms with Crippen molar-refractivity contribution in [3.63, 3.8) is 0 Å². The van der Waals surface area contributed by atoms with Crippen LogP contribution in [0.5, 0.6) is 11.6 Å². The van der Waals surface area contributed by atoms with Crippen LogP contribution in [0.2, 0.25) is 5.02 Å². The number of fused-ring (bicyclic) bond motifs is 1. The van der Waals surface area contributed by atoms with E-state index in [1.807, 2.05) is 99.6 Å². The van der Waals surface area contributed by atoms with Crippen molar-refractivity contribution in [1.29, 1.82) is 0 Å². The first-order valence-electron chi connectivity index (χ1n) is 13.2. The molecule has 5 rings (SSSR count). The third-order valence-corrected chi connectivity index (χ3v) is 6.92. The average Bonchev–Trinajstić information content (AvgIpc) is 2.95. The Morgan fingerprint density at radius 3 is 2.00 bits per heavy atom. The molecule has 202 valence electrons. The largest absolute Gasteiger partial charge is 0.497 e. The first-order valence-corrected chi connectivity index (χ1v) is 13.5. The van der Waals surface area contributed by atoms with Crippen LogP contribution in [0, 0.1) is 0 Å². The molecular formula is C35H32ClNO3. The van der Waals surface area contributed by atoms with Crippen molar-refractivity contribution in [2.24, 2.45) is 0 Å². The summed E-state index contributed by atoms with van der Waals surface area (Å²) in [5.74, 6) is 1.26. The van der Waals surface area contributed by atoms with E-state index in [9.17, 15) is 5.11 Å². The highest BCUT2D eigenvalue weighted by molar-refractivity contribution is 6.30. The molecule has 0 aliphatic heterocycles. The predicted molar refractivity (Wildman–Crippen MR) is 164 cm³/mol. The molecule has 0 radical (unpaired) electrons. The summed E-state index contributed by atoms with van der Waals surface area (Å²) in [6.45, 7) is 6.01. The fourth-order valence-electron chi connectivity index (χ4n) is 4.73. The van der Waals surface area contributed by atoms with Crippen molar-refractivity contribution in [1.82, 2.24) is 4.98 Å². The van der Waals surface area contributed by atoms with Crippen LogP contribution in [0.1, 0.15) is 48.6 Å². The number of ether oxygens (including phenoxy) is 2. The van der Waals surface area contributed by atoms with Gasteiger partial charge in [0.2, 0.25) is 5.88 Å². The number of rotatable bonds is 7. The number of hydrogen-bond acceptors (Lipinski definition) is 4. The Balaban J connectivity index is 1.71. The number of pyridine rings is 1. The van der Waals surface area contributed by atoms with Crippen molar-refractivity contribution in [2.45, 2.75) is 32.0 Å². The standard InChI is InChI=1S/C35H32ClNO3/c1-34(2,3)40-33-22-25(11-10-24-8-6-5-7-9-24)31-23-28(16-21-32(31)37-33)35(38,26-12-17-29(36)18-13-26)27-14-19-30(39-4)20-15-27/h5-23,38H,1-4H3. The molecule has 0 aliphatic rings. The maximum atomic E-state index is 12.5. The van der Waals surface area contributed by atoms with Crippen molar-refractivity contribution in [2.75, 3.05) is 7.11 Å². The van der Waals surface area contributed by atoms with Gasteiger partial charge in [-0.25, -0.2) is 4.98 Å². The second-order valence-corrected chi connectivity index (χ2v) is 11.1. The van der Waals surface area contributed by atoms with Gasteiger partial charge in [-0.3, -0.25) is 0 Å². The van der Waals surface area contributed by atoms with E-state index in [4.69, 9.17) is 26.1 Å². The zero-order valence-electron chi connectivity index (χ0n) is 23.1. The number of aliphatic hydroxyl groups is 1. The van der Waals surface area contributed by atoms with E-state index in [1.165, 1.54) is 0 Å². The summed E-state index contributed by atoms with van der Waals surface area (Å²) < 4.78 is 11.5. The number of aromatic nitrogens is 1. The first kappa shape index (κ1) is 27.4. The molecule has 0 saturated heterocycles. The van der Waals surface area contributed by atoms with Crippen LogP contribution >= 0.6 is 11.6 Å². The summed E-state index contributed by atoms with van der Waals surface area (Å²) in [4.78, 5) is 4.81. The van der Waals surface area contributed by atoms with E-state index >= 15 is 0 Å². The number of nitrogens with zero attached hydrogens (tertiary/aromatic N) is 1. The third-order valence-electron chi connectivity index (χ3n) is 6.67. The Morgan fingerprint density at radius 1 is 0.750 bits per heavy atom. The molecule has 5 aromatic rings. The number of methoxy groups -OCH3 is 1. The van der Waals surface area contributed by atoms with Crippen molar-refractivity contribution < 1.29 is 14.6 Å². The monoisotopic (exact) mass is 549 g/mol. The van der Waals surface area contributed by atoms with E-state index in [1.54, 1.807) is 19.2 Å². The van der Waals surface area contributed by atoms with Gasteiger partial charge in [-0.2, -0.15) is 0 Å². The SMILES string of the molecule is COc1ccc(C(O)(c2ccc(Cl)cc2)c2ccc3nc(OC(C)(C)C)cc(C=Cc4ccccc4)c3c2)cc1. The topological polar surface area (TPSA) is 51.6 Å². The molecule has 40 heavy (non-hydrogen) atoms. The zero-order chi connectivity index (χ0) is 28.3. The normalized spacial score (nSPS) is 13.3. The molecule has 1 atom stereocenters. The maximum absolute atomic E-state index is 12.5. The quantitative estimate of drug-likeness (QED) is 0.207. The lowest BCUT2D eigenvalue weighted by atomic mass is 9.80. The molecule has 4 nitrogen and oxygen atoms in total. The van der Waals surface area contributed by atoms with Crippen LogP contribution in [0.25, 0.3) is 23.1 Å². The Morgan fingerprint density at radius 2 is 1.38 bits per heavy atom. The van der Waals surface area contributed by atoms with Crippen LogP contribution < -0.4 is 9.47 Å². The molecule has 1 aromatic heterocycles. The molecule has 0 saturated carbocycles. The highest BCUT2D eigenvalue weighted by Crippen LogP contribution is 2.40. The Kier molecular flexibility index (Phi) is 7.66. The first-order chi connectivity index (χ1) is 19.2. The molecule has 0 spiro atoms. The average molecular weight is 550 g/mol. The zero-order valence-corrected chi connectivity index (χ0v) is 23.8. The van der Waals surface area contributed by atoms with Crippen LogP contribution in [0.15, 0.2) is 103 Å². The molecule has 5 heteroatoms. The van der Waals surface area contributed by atoms with Gasteiger partial charge in [-0.05, 0) is 85.0 Å². The lowest BCUT2D eigenvalue weighted by Crippen LogP contribution is -2.29. The molecule has 0 bridgehead atoms. The summed E-state index contributed by atoms with van der Waals surface area (Å²) in [5, 5.41) is 14.0. The van der Waals surface area contributed by atoms with Gasteiger partial charge in [-0.15, -0.1) is 0 Å². The predicted octanol–water partition coefficient (Wildman–Crippen LogP) is 8.53. The van der Waals surface area contributed by atoms with Gasteiger partial charge in [0, 0.05) is 16.5 Å². The van der Waals surface area contributed by atoms with Crippen LogP contribution in [0.3, 0.4) is 0 Å². The van der Waals surface area contributed by atoms with Crippen LogP contribution in [-0.4, -0.2) is 22.8 Å². The summed E-state index contributed by atoms with van der Waals surface area (Å²) in [6, 6.07) is 32.7. The highest BCUT2D eigenvalue weighted by Gasteiger charge is 2.34. The third kappa shape index (κ3) is 5.89. The van der Waals surface area contributed by atoms with Crippen molar-refractivity contribution in [3.8, 4) is 11.6 Å². The second kappa shape index (κ2) is 11.2. The van der Waals surface area contributed by atoms with Gasteiger partial charge in [-0.1, -0.05) is 84.4 Å². The van der Waals surface area contributed by atoms with E-state index in [-0.39, 0.29) is 0 Å². The lowest BCUT2D eigenvalue weighted by molar-refractivity contribution is 0.124. The molecule has 0 amide bonds. The minimum Gasteiger partial charge on any atom is -0.497 e. The Bertz CT molecular complexity index is 1640. The smallest absolute Gasteiger partial charge is 0.214 e.